The fourth-order valence-corrected chi connectivity index (χ4v) is 0.723. The molecule has 0 aliphatic carbocycles. The van der Waals surface area contributed by atoms with Crippen LogP contribution in [0.15, 0.2) is 0 Å². The van der Waals surface area contributed by atoms with Crippen LogP contribution in [0, 0.1) is 11.3 Å². The topological polar surface area (TPSA) is 53.3 Å². The quantitative estimate of drug-likeness (QED) is 0.600. The van der Waals surface area contributed by atoms with Crippen molar-refractivity contribution in [2.45, 2.75) is 12.8 Å². The highest BCUT2D eigenvalue weighted by molar-refractivity contribution is 5.75. The zero-order valence-electron chi connectivity index (χ0n) is 7.54. The van der Waals surface area contributed by atoms with Crippen molar-refractivity contribution in [2.75, 3.05) is 27.3 Å². The van der Waals surface area contributed by atoms with E-state index in [4.69, 9.17) is 10.00 Å². The number of hydrogen-bond donors (Lipinski definition) is 0. The van der Waals surface area contributed by atoms with E-state index in [2.05, 4.69) is 0 Å². The van der Waals surface area contributed by atoms with Crippen LogP contribution in [0.5, 0.6) is 0 Å². The van der Waals surface area contributed by atoms with Crippen LogP contribution in [0.3, 0.4) is 0 Å². The van der Waals surface area contributed by atoms with E-state index in [0.29, 0.717) is 26.0 Å². The van der Waals surface area contributed by atoms with Gasteiger partial charge in [0.05, 0.1) is 25.5 Å². The molecule has 0 aromatic heterocycles. The predicted octanol–water partition coefficient (Wildman–Crippen LogP) is 0.395. The molecule has 4 nitrogen and oxygen atoms in total. The molecule has 0 aromatic carbocycles. The third-order valence-electron chi connectivity index (χ3n) is 1.50. The molecule has 0 N–H and O–H groups in total. The van der Waals surface area contributed by atoms with Gasteiger partial charge in [0.25, 0.3) is 0 Å². The summed E-state index contributed by atoms with van der Waals surface area (Å²) < 4.78 is 4.75. The third kappa shape index (κ3) is 4.69. The van der Waals surface area contributed by atoms with Crippen LogP contribution in [0.25, 0.3) is 0 Å². The minimum absolute atomic E-state index is 0.0205. The first-order valence-corrected chi connectivity index (χ1v) is 3.82. The minimum atomic E-state index is 0.0205. The number of nitrogens with zero attached hydrogens (tertiary/aromatic N) is 2. The highest BCUT2D eigenvalue weighted by Gasteiger charge is 2.06. The maximum Gasteiger partial charge on any atom is 0.224 e. The summed E-state index contributed by atoms with van der Waals surface area (Å²) in [6.45, 7) is 0.939. The summed E-state index contributed by atoms with van der Waals surface area (Å²) in [5.41, 5.74) is 0. The maximum absolute atomic E-state index is 11.1. The van der Waals surface area contributed by atoms with E-state index in [-0.39, 0.29) is 5.91 Å². The second-order valence-corrected chi connectivity index (χ2v) is 2.47. The highest BCUT2D eigenvalue weighted by atomic mass is 16.5. The number of carbonyl (C=O) groups is 1. The summed E-state index contributed by atoms with van der Waals surface area (Å²) in [5, 5.41) is 8.26. The molecule has 0 unspecified atom stereocenters. The van der Waals surface area contributed by atoms with E-state index in [0.717, 1.165) is 0 Å². The van der Waals surface area contributed by atoms with Crippen molar-refractivity contribution < 1.29 is 9.53 Å². The van der Waals surface area contributed by atoms with Crippen molar-refractivity contribution in [3.05, 3.63) is 0 Å². The Morgan fingerprint density at radius 3 is 2.83 bits per heavy atom. The van der Waals surface area contributed by atoms with Gasteiger partial charge in [-0.2, -0.15) is 5.26 Å². The first kappa shape index (κ1) is 10.9. The Morgan fingerprint density at radius 2 is 2.33 bits per heavy atom. The van der Waals surface area contributed by atoms with Gasteiger partial charge in [-0.3, -0.25) is 4.79 Å². The van der Waals surface area contributed by atoms with Crippen LogP contribution in [0.1, 0.15) is 12.8 Å². The number of ether oxygens (including phenoxy) is 1. The van der Waals surface area contributed by atoms with Gasteiger partial charge in [-0.15, -0.1) is 0 Å². The lowest BCUT2D eigenvalue weighted by Crippen LogP contribution is -2.28. The molecule has 0 rings (SSSR count). The average Bonchev–Trinajstić information content (AvgIpc) is 2.10. The molecule has 4 heteroatoms. The van der Waals surface area contributed by atoms with Gasteiger partial charge in [-0.1, -0.05) is 0 Å². The molecular formula is C8H14N2O2. The van der Waals surface area contributed by atoms with E-state index in [1.807, 2.05) is 6.07 Å². The minimum Gasteiger partial charge on any atom is -0.384 e. The maximum atomic E-state index is 11.1. The van der Waals surface area contributed by atoms with Crippen LogP contribution in [-0.2, 0) is 9.53 Å². The van der Waals surface area contributed by atoms with Crippen LogP contribution in [-0.4, -0.2) is 38.1 Å². The lowest BCUT2D eigenvalue weighted by Gasteiger charge is -2.14. The molecule has 1 amide bonds. The highest BCUT2D eigenvalue weighted by Crippen LogP contribution is 1.92. The zero-order valence-corrected chi connectivity index (χ0v) is 7.54. The lowest BCUT2D eigenvalue weighted by atomic mass is 10.3. The monoisotopic (exact) mass is 170 g/mol. The molecule has 0 aliphatic rings. The number of hydrogen-bond acceptors (Lipinski definition) is 3. The van der Waals surface area contributed by atoms with E-state index in [9.17, 15) is 4.79 Å². The summed E-state index contributed by atoms with van der Waals surface area (Å²) >= 11 is 0. The van der Waals surface area contributed by atoms with Gasteiger partial charge in [-0.25, -0.2) is 0 Å². The van der Waals surface area contributed by atoms with Gasteiger partial charge < -0.3 is 9.64 Å². The summed E-state index contributed by atoms with van der Waals surface area (Å²) in [6, 6.07) is 1.98. The van der Waals surface area contributed by atoms with Crippen molar-refractivity contribution in [1.82, 2.24) is 4.90 Å². The molecule has 0 spiro atoms. The van der Waals surface area contributed by atoms with Crippen molar-refractivity contribution in [3.8, 4) is 6.07 Å². The molecule has 0 radical (unpaired) electrons. The summed E-state index contributed by atoms with van der Waals surface area (Å²) in [4.78, 5) is 12.7. The first-order valence-electron chi connectivity index (χ1n) is 3.82. The summed E-state index contributed by atoms with van der Waals surface area (Å²) in [7, 11) is 3.25. The Bertz CT molecular complexity index is 174. The molecule has 68 valence electrons. The number of nitriles is 1. The molecule has 0 aromatic rings. The van der Waals surface area contributed by atoms with Crippen molar-refractivity contribution in [2.24, 2.45) is 0 Å². The van der Waals surface area contributed by atoms with Gasteiger partial charge in [0, 0.05) is 20.7 Å². The fourth-order valence-electron chi connectivity index (χ4n) is 0.723. The van der Waals surface area contributed by atoms with Gasteiger partial charge in [0.1, 0.15) is 0 Å². The van der Waals surface area contributed by atoms with Gasteiger partial charge in [0.2, 0.25) is 5.91 Å². The fraction of sp³-hybridized carbons (Fsp3) is 0.750. The Balaban J connectivity index is 3.55. The molecule has 0 saturated carbocycles. The normalized spacial score (nSPS) is 9.08. The van der Waals surface area contributed by atoms with Crippen molar-refractivity contribution in [3.63, 3.8) is 0 Å². The second kappa shape index (κ2) is 6.62. The Labute approximate surface area is 72.7 Å². The molecule has 0 saturated heterocycles. The van der Waals surface area contributed by atoms with E-state index < -0.39 is 0 Å². The van der Waals surface area contributed by atoms with Gasteiger partial charge >= 0.3 is 0 Å². The Kier molecular flexibility index (Phi) is 6.02. The molecule has 0 fully saturated rings. The first-order chi connectivity index (χ1) is 5.72. The van der Waals surface area contributed by atoms with Crippen LogP contribution >= 0.6 is 0 Å². The molecule has 12 heavy (non-hydrogen) atoms. The SMILES string of the molecule is COCCC(=O)N(C)CCC#N. The molecule has 0 atom stereocenters. The van der Waals surface area contributed by atoms with Gasteiger partial charge in [0.15, 0.2) is 0 Å². The number of amides is 1. The number of carbonyl (C=O) groups excluding carboxylic acids is 1. The lowest BCUT2D eigenvalue weighted by molar-refractivity contribution is -0.130. The van der Waals surface area contributed by atoms with Crippen molar-refractivity contribution in [1.29, 1.82) is 5.26 Å². The van der Waals surface area contributed by atoms with Crippen molar-refractivity contribution >= 4 is 5.91 Å². The second-order valence-electron chi connectivity index (χ2n) is 2.47. The zero-order chi connectivity index (χ0) is 9.40. The molecule has 0 bridgehead atoms. The average molecular weight is 170 g/mol. The molecular weight excluding hydrogens is 156 g/mol. The summed E-state index contributed by atoms with van der Waals surface area (Å²) in [6.07, 6.45) is 0.771. The smallest absolute Gasteiger partial charge is 0.224 e. The molecule has 0 heterocycles. The Morgan fingerprint density at radius 1 is 1.67 bits per heavy atom. The molecule has 0 aliphatic heterocycles. The third-order valence-corrected chi connectivity index (χ3v) is 1.50. The predicted molar refractivity (Wildman–Crippen MR) is 44.4 cm³/mol. The van der Waals surface area contributed by atoms with Gasteiger partial charge in [-0.05, 0) is 0 Å². The number of rotatable bonds is 5. The van der Waals surface area contributed by atoms with E-state index in [1.54, 1.807) is 19.1 Å². The van der Waals surface area contributed by atoms with Crippen LogP contribution in [0.2, 0.25) is 0 Å². The van der Waals surface area contributed by atoms with E-state index >= 15 is 0 Å². The standard InChI is InChI=1S/C8H14N2O2/c1-10(6-3-5-9)8(11)4-7-12-2/h3-4,6-7H2,1-2H3. The largest absolute Gasteiger partial charge is 0.384 e. The van der Waals surface area contributed by atoms with E-state index in [1.165, 1.54) is 0 Å². The number of methoxy groups -OCH3 is 1. The van der Waals surface area contributed by atoms with Crippen LogP contribution in [0.4, 0.5) is 0 Å². The summed E-state index contributed by atoms with van der Waals surface area (Å²) in [5.74, 6) is 0.0205. The Hall–Kier alpha value is -1.08. The van der Waals surface area contributed by atoms with Crippen LogP contribution < -0.4 is 0 Å².